The summed E-state index contributed by atoms with van der Waals surface area (Å²) >= 11 is 0. The van der Waals surface area contributed by atoms with Crippen LogP contribution in [-0.2, 0) is 4.79 Å². The van der Waals surface area contributed by atoms with E-state index in [0.29, 0.717) is 12.2 Å². The third-order valence-corrected chi connectivity index (χ3v) is 1.92. The summed E-state index contributed by atoms with van der Waals surface area (Å²) in [6.07, 6.45) is 1.52. The van der Waals surface area contributed by atoms with Crippen LogP contribution < -0.4 is 16.0 Å². The van der Waals surface area contributed by atoms with Gasteiger partial charge in [0.2, 0.25) is 5.91 Å². The molecule has 1 rings (SSSR count). The van der Waals surface area contributed by atoms with Gasteiger partial charge in [-0.1, -0.05) is 12.1 Å². The SMILES string of the molecule is C=CCNC(=O)NCC(=O)Nc1cccc(F)c1. The van der Waals surface area contributed by atoms with Gasteiger partial charge in [0.05, 0.1) is 6.54 Å². The van der Waals surface area contributed by atoms with Gasteiger partial charge < -0.3 is 16.0 Å². The highest BCUT2D eigenvalue weighted by atomic mass is 19.1. The number of halogens is 1. The second-order valence-corrected chi connectivity index (χ2v) is 3.41. The molecule has 0 atom stereocenters. The topological polar surface area (TPSA) is 70.2 Å². The lowest BCUT2D eigenvalue weighted by molar-refractivity contribution is -0.115. The zero-order valence-corrected chi connectivity index (χ0v) is 9.70. The molecule has 0 aliphatic carbocycles. The van der Waals surface area contributed by atoms with E-state index in [1.807, 2.05) is 0 Å². The molecule has 0 aliphatic rings. The lowest BCUT2D eigenvalue weighted by atomic mass is 10.3. The van der Waals surface area contributed by atoms with Crippen LogP contribution in [0, 0.1) is 5.82 Å². The second-order valence-electron chi connectivity index (χ2n) is 3.41. The minimum Gasteiger partial charge on any atom is -0.335 e. The van der Waals surface area contributed by atoms with E-state index >= 15 is 0 Å². The monoisotopic (exact) mass is 251 g/mol. The molecule has 0 heterocycles. The molecule has 0 aliphatic heterocycles. The molecule has 3 amide bonds. The number of anilines is 1. The largest absolute Gasteiger partial charge is 0.335 e. The third-order valence-electron chi connectivity index (χ3n) is 1.92. The Kier molecular flexibility index (Phi) is 5.37. The number of carbonyl (C=O) groups excluding carboxylic acids is 2. The highest BCUT2D eigenvalue weighted by Crippen LogP contribution is 2.08. The summed E-state index contributed by atoms with van der Waals surface area (Å²) < 4.78 is 12.8. The molecule has 18 heavy (non-hydrogen) atoms. The Bertz CT molecular complexity index is 449. The van der Waals surface area contributed by atoms with Gasteiger partial charge in [-0.05, 0) is 18.2 Å². The van der Waals surface area contributed by atoms with Crippen LogP contribution in [0.1, 0.15) is 0 Å². The molecule has 0 saturated carbocycles. The van der Waals surface area contributed by atoms with Gasteiger partial charge in [0.15, 0.2) is 0 Å². The van der Waals surface area contributed by atoms with E-state index in [1.165, 1.54) is 24.3 Å². The van der Waals surface area contributed by atoms with Crippen molar-refractivity contribution in [3.63, 3.8) is 0 Å². The van der Waals surface area contributed by atoms with Crippen LogP contribution >= 0.6 is 0 Å². The van der Waals surface area contributed by atoms with Gasteiger partial charge in [0.1, 0.15) is 5.82 Å². The first kappa shape index (κ1) is 13.7. The molecule has 6 heteroatoms. The van der Waals surface area contributed by atoms with Gasteiger partial charge in [-0.2, -0.15) is 0 Å². The molecular weight excluding hydrogens is 237 g/mol. The molecule has 0 bridgehead atoms. The van der Waals surface area contributed by atoms with Gasteiger partial charge in [-0.25, -0.2) is 9.18 Å². The van der Waals surface area contributed by atoms with E-state index in [9.17, 15) is 14.0 Å². The minimum absolute atomic E-state index is 0.195. The zero-order valence-electron chi connectivity index (χ0n) is 9.70. The summed E-state index contributed by atoms with van der Waals surface area (Å²) in [5.41, 5.74) is 0.341. The maximum atomic E-state index is 12.8. The second kappa shape index (κ2) is 7.05. The Morgan fingerprint density at radius 3 is 2.78 bits per heavy atom. The average molecular weight is 251 g/mol. The average Bonchev–Trinajstić information content (AvgIpc) is 2.34. The molecule has 1 aromatic carbocycles. The quantitative estimate of drug-likeness (QED) is 0.689. The number of hydrogen-bond donors (Lipinski definition) is 3. The molecule has 1 aromatic rings. The number of hydrogen-bond acceptors (Lipinski definition) is 2. The molecule has 0 unspecified atom stereocenters. The van der Waals surface area contributed by atoms with E-state index in [0.717, 1.165) is 0 Å². The van der Waals surface area contributed by atoms with E-state index in [1.54, 1.807) is 6.07 Å². The fourth-order valence-electron chi connectivity index (χ4n) is 1.16. The maximum absolute atomic E-state index is 12.8. The minimum atomic E-state index is -0.468. The standard InChI is InChI=1S/C12H14FN3O2/c1-2-6-14-12(18)15-8-11(17)16-10-5-3-4-9(13)7-10/h2-5,7H,1,6,8H2,(H,16,17)(H2,14,15,18). The number of nitrogens with one attached hydrogen (secondary N) is 3. The maximum Gasteiger partial charge on any atom is 0.315 e. The van der Waals surface area contributed by atoms with Crippen molar-refractivity contribution < 1.29 is 14.0 Å². The predicted molar refractivity (Wildman–Crippen MR) is 66.6 cm³/mol. The Balaban J connectivity index is 2.33. The fourth-order valence-corrected chi connectivity index (χ4v) is 1.16. The number of benzene rings is 1. The first-order valence-electron chi connectivity index (χ1n) is 5.30. The summed E-state index contributed by atoms with van der Waals surface area (Å²) in [4.78, 5) is 22.5. The summed E-state index contributed by atoms with van der Waals surface area (Å²) in [7, 11) is 0. The normalized spacial score (nSPS) is 9.39. The molecule has 0 saturated heterocycles. The van der Waals surface area contributed by atoms with Crippen LogP contribution in [0.15, 0.2) is 36.9 Å². The summed E-state index contributed by atoms with van der Waals surface area (Å²) in [6.45, 7) is 3.56. The van der Waals surface area contributed by atoms with Crippen molar-refractivity contribution in [2.24, 2.45) is 0 Å². The van der Waals surface area contributed by atoms with Crippen molar-refractivity contribution in [3.8, 4) is 0 Å². The van der Waals surface area contributed by atoms with E-state index in [-0.39, 0.29) is 6.54 Å². The van der Waals surface area contributed by atoms with E-state index in [4.69, 9.17) is 0 Å². The van der Waals surface area contributed by atoms with Crippen molar-refractivity contribution in [1.82, 2.24) is 10.6 Å². The van der Waals surface area contributed by atoms with Crippen LogP contribution in [0.2, 0.25) is 0 Å². The van der Waals surface area contributed by atoms with Crippen molar-refractivity contribution in [2.75, 3.05) is 18.4 Å². The molecule has 3 N–H and O–H groups in total. The van der Waals surface area contributed by atoms with Gasteiger partial charge in [-0.3, -0.25) is 4.79 Å². The van der Waals surface area contributed by atoms with Crippen LogP contribution in [0.5, 0.6) is 0 Å². The van der Waals surface area contributed by atoms with Gasteiger partial charge in [-0.15, -0.1) is 6.58 Å². The molecule has 0 fully saturated rings. The van der Waals surface area contributed by atoms with E-state index < -0.39 is 17.8 Å². The first-order chi connectivity index (χ1) is 8.61. The van der Waals surface area contributed by atoms with Crippen molar-refractivity contribution in [1.29, 1.82) is 0 Å². The smallest absolute Gasteiger partial charge is 0.315 e. The third kappa shape index (κ3) is 5.11. The van der Waals surface area contributed by atoms with Gasteiger partial charge in [0, 0.05) is 12.2 Å². The summed E-state index contributed by atoms with van der Waals surface area (Å²) in [5, 5.41) is 7.25. The van der Waals surface area contributed by atoms with Crippen LogP contribution in [0.25, 0.3) is 0 Å². The Labute approximate surface area is 104 Å². The molecule has 96 valence electrons. The van der Waals surface area contributed by atoms with Crippen LogP contribution in [0.4, 0.5) is 14.9 Å². The lowest BCUT2D eigenvalue weighted by Gasteiger charge is -2.07. The zero-order chi connectivity index (χ0) is 13.4. The summed E-state index contributed by atoms with van der Waals surface area (Å²) in [5.74, 6) is -0.876. The summed E-state index contributed by atoms with van der Waals surface area (Å²) in [6, 6.07) is 5.03. The van der Waals surface area contributed by atoms with Gasteiger partial charge in [0.25, 0.3) is 0 Å². The molecule has 0 radical (unpaired) electrons. The lowest BCUT2D eigenvalue weighted by Crippen LogP contribution is -2.40. The predicted octanol–water partition coefficient (Wildman–Crippen LogP) is 1.25. The number of amides is 3. The number of carbonyl (C=O) groups is 2. The van der Waals surface area contributed by atoms with Crippen LogP contribution in [0.3, 0.4) is 0 Å². The number of rotatable bonds is 5. The number of urea groups is 1. The van der Waals surface area contributed by atoms with E-state index in [2.05, 4.69) is 22.5 Å². The highest BCUT2D eigenvalue weighted by Gasteiger charge is 2.05. The highest BCUT2D eigenvalue weighted by molar-refractivity contribution is 5.94. The van der Waals surface area contributed by atoms with Crippen molar-refractivity contribution >= 4 is 17.6 Å². The Hall–Kier alpha value is -2.37. The molecule has 0 aromatic heterocycles. The fraction of sp³-hybridized carbons (Fsp3) is 0.167. The molecule has 5 nitrogen and oxygen atoms in total. The molecular formula is C12H14FN3O2. The van der Waals surface area contributed by atoms with Gasteiger partial charge >= 0.3 is 6.03 Å². The van der Waals surface area contributed by atoms with Crippen LogP contribution in [-0.4, -0.2) is 25.0 Å². The Morgan fingerprint density at radius 2 is 2.11 bits per heavy atom. The molecule has 0 spiro atoms. The Morgan fingerprint density at radius 1 is 1.33 bits per heavy atom. The van der Waals surface area contributed by atoms with Crippen molar-refractivity contribution in [3.05, 3.63) is 42.7 Å². The first-order valence-corrected chi connectivity index (χ1v) is 5.30. The van der Waals surface area contributed by atoms with Crippen molar-refractivity contribution in [2.45, 2.75) is 0 Å².